The SMILES string of the molecule is COC(=O)[C@@H](CNC(C)=O)Cc1ccccc1. The minimum Gasteiger partial charge on any atom is -0.469 e. The average Bonchev–Trinajstić information content (AvgIpc) is 2.34. The van der Waals surface area contributed by atoms with Crippen LogP contribution < -0.4 is 5.32 Å². The summed E-state index contributed by atoms with van der Waals surface area (Å²) in [5, 5.41) is 2.64. The molecule has 0 unspecified atom stereocenters. The lowest BCUT2D eigenvalue weighted by molar-refractivity contribution is -0.145. The summed E-state index contributed by atoms with van der Waals surface area (Å²) in [6.45, 7) is 1.73. The molecule has 0 aliphatic rings. The molecular weight excluding hydrogens is 218 g/mol. The molecule has 0 radical (unpaired) electrons. The predicted octanol–water partition coefficient (Wildman–Crippen LogP) is 1.15. The van der Waals surface area contributed by atoms with Crippen molar-refractivity contribution >= 4 is 11.9 Å². The molecule has 0 fully saturated rings. The summed E-state index contributed by atoms with van der Waals surface area (Å²) >= 11 is 0. The maximum atomic E-state index is 11.6. The number of carbonyl (C=O) groups is 2. The minimum absolute atomic E-state index is 0.146. The van der Waals surface area contributed by atoms with E-state index >= 15 is 0 Å². The molecule has 92 valence electrons. The first kappa shape index (κ1) is 13.2. The first-order chi connectivity index (χ1) is 8.13. The number of amides is 1. The van der Waals surface area contributed by atoms with Crippen LogP contribution in [0.4, 0.5) is 0 Å². The van der Waals surface area contributed by atoms with Crippen LogP contribution in [0.15, 0.2) is 30.3 Å². The van der Waals surface area contributed by atoms with Gasteiger partial charge in [0.05, 0.1) is 13.0 Å². The zero-order valence-corrected chi connectivity index (χ0v) is 10.1. The number of methoxy groups -OCH3 is 1. The van der Waals surface area contributed by atoms with Crippen LogP contribution in [-0.2, 0) is 20.7 Å². The average molecular weight is 235 g/mol. The monoisotopic (exact) mass is 235 g/mol. The number of hydrogen-bond acceptors (Lipinski definition) is 3. The van der Waals surface area contributed by atoms with Crippen molar-refractivity contribution in [3.05, 3.63) is 35.9 Å². The lowest BCUT2D eigenvalue weighted by Crippen LogP contribution is -2.33. The van der Waals surface area contributed by atoms with Gasteiger partial charge in [0.15, 0.2) is 0 Å². The fourth-order valence-corrected chi connectivity index (χ4v) is 1.57. The van der Waals surface area contributed by atoms with Crippen molar-refractivity contribution in [2.45, 2.75) is 13.3 Å². The van der Waals surface area contributed by atoms with Crippen molar-refractivity contribution in [2.75, 3.05) is 13.7 Å². The molecule has 0 spiro atoms. The van der Waals surface area contributed by atoms with Crippen LogP contribution in [0.3, 0.4) is 0 Å². The molecule has 17 heavy (non-hydrogen) atoms. The highest BCUT2D eigenvalue weighted by Crippen LogP contribution is 2.09. The van der Waals surface area contributed by atoms with E-state index in [-0.39, 0.29) is 17.8 Å². The standard InChI is InChI=1S/C13H17NO3/c1-10(15)14-9-12(13(16)17-2)8-11-6-4-3-5-7-11/h3-7,12H,8-9H2,1-2H3,(H,14,15)/t12-/m1/s1. The van der Waals surface area contributed by atoms with Crippen molar-refractivity contribution in [3.63, 3.8) is 0 Å². The van der Waals surface area contributed by atoms with Gasteiger partial charge in [0.2, 0.25) is 5.91 Å². The van der Waals surface area contributed by atoms with E-state index < -0.39 is 0 Å². The number of ether oxygens (including phenoxy) is 1. The Balaban J connectivity index is 2.63. The molecule has 0 saturated heterocycles. The maximum Gasteiger partial charge on any atom is 0.310 e. The number of carbonyl (C=O) groups excluding carboxylic acids is 2. The van der Waals surface area contributed by atoms with Crippen LogP contribution in [0, 0.1) is 5.92 Å². The molecule has 0 aliphatic heterocycles. The molecule has 0 aromatic heterocycles. The highest BCUT2D eigenvalue weighted by Gasteiger charge is 2.19. The first-order valence-corrected chi connectivity index (χ1v) is 5.49. The number of hydrogen-bond donors (Lipinski definition) is 1. The van der Waals surface area contributed by atoms with Gasteiger partial charge in [0.25, 0.3) is 0 Å². The Bertz CT molecular complexity index is 376. The van der Waals surface area contributed by atoms with Crippen molar-refractivity contribution in [1.82, 2.24) is 5.32 Å². The quantitative estimate of drug-likeness (QED) is 0.779. The second kappa shape index (κ2) is 6.68. The van der Waals surface area contributed by atoms with Crippen LogP contribution in [0.5, 0.6) is 0 Å². The summed E-state index contributed by atoms with van der Waals surface area (Å²) in [6.07, 6.45) is 0.563. The first-order valence-electron chi connectivity index (χ1n) is 5.49. The van der Waals surface area contributed by atoms with E-state index in [1.807, 2.05) is 30.3 Å². The van der Waals surface area contributed by atoms with E-state index in [2.05, 4.69) is 5.32 Å². The molecule has 1 aromatic carbocycles. The fraction of sp³-hybridized carbons (Fsp3) is 0.385. The number of rotatable bonds is 5. The Labute approximate surface area is 101 Å². The minimum atomic E-state index is -0.341. The van der Waals surface area contributed by atoms with E-state index in [1.54, 1.807) is 0 Å². The zero-order chi connectivity index (χ0) is 12.7. The molecule has 4 heteroatoms. The van der Waals surface area contributed by atoms with E-state index in [0.29, 0.717) is 13.0 Å². The Morgan fingerprint density at radius 3 is 2.47 bits per heavy atom. The topological polar surface area (TPSA) is 55.4 Å². The van der Waals surface area contributed by atoms with Crippen molar-refractivity contribution in [1.29, 1.82) is 0 Å². The van der Waals surface area contributed by atoms with Crippen LogP contribution in [0.1, 0.15) is 12.5 Å². The number of benzene rings is 1. The molecule has 1 aromatic rings. The van der Waals surface area contributed by atoms with Crippen LogP contribution in [0.2, 0.25) is 0 Å². The van der Waals surface area contributed by atoms with Crippen LogP contribution >= 0.6 is 0 Å². The third-order valence-corrected chi connectivity index (χ3v) is 2.46. The van der Waals surface area contributed by atoms with E-state index in [1.165, 1.54) is 14.0 Å². The van der Waals surface area contributed by atoms with Crippen LogP contribution in [-0.4, -0.2) is 25.5 Å². The summed E-state index contributed by atoms with van der Waals surface area (Å²) in [5.74, 6) is -0.791. The second-order valence-corrected chi connectivity index (χ2v) is 3.85. The van der Waals surface area contributed by atoms with E-state index in [9.17, 15) is 9.59 Å². The van der Waals surface area contributed by atoms with E-state index in [0.717, 1.165) is 5.56 Å². The molecule has 1 rings (SSSR count). The highest BCUT2D eigenvalue weighted by molar-refractivity contribution is 5.76. The van der Waals surface area contributed by atoms with Gasteiger partial charge in [-0.2, -0.15) is 0 Å². The number of nitrogens with one attached hydrogen (secondary N) is 1. The smallest absolute Gasteiger partial charge is 0.310 e. The lowest BCUT2D eigenvalue weighted by atomic mass is 9.99. The maximum absolute atomic E-state index is 11.6. The fourth-order valence-electron chi connectivity index (χ4n) is 1.57. The summed E-state index contributed by atoms with van der Waals surface area (Å²) in [4.78, 5) is 22.4. The van der Waals surface area contributed by atoms with Gasteiger partial charge in [0.1, 0.15) is 0 Å². The summed E-state index contributed by atoms with van der Waals surface area (Å²) in [5.41, 5.74) is 1.05. The van der Waals surface area contributed by atoms with Crippen molar-refractivity contribution in [2.24, 2.45) is 5.92 Å². The van der Waals surface area contributed by atoms with Gasteiger partial charge in [-0.25, -0.2) is 0 Å². The Kier molecular flexibility index (Phi) is 5.20. The van der Waals surface area contributed by atoms with Crippen molar-refractivity contribution in [3.8, 4) is 0 Å². The Morgan fingerprint density at radius 2 is 1.94 bits per heavy atom. The summed E-state index contributed by atoms with van der Waals surface area (Å²) in [6, 6.07) is 9.65. The molecule has 1 atom stereocenters. The van der Waals surface area contributed by atoms with Crippen LogP contribution in [0.25, 0.3) is 0 Å². The van der Waals surface area contributed by atoms with Crippen molar-refractivity contribution < 1.29 is 14.3 Å². The molecule has 1 amide bonds. The van der Waals surface area contributed by atoms with Gasteiger partial charge in [-0.1, -0.05) is 30.3 Å². The molecular formula is C13H17NO3. The second-order valence-electron chi connectivity index (χ2n) is 3.85. The zero-order valence-electron chi connectivity index (χ0n) is 10.1. The van der Waals surface area contributed by atoms with E-state index in [4.69, 9.17) is 4.74 Å². The molecule has 0 heterocycles. The van der Waals surface area contributed by atoms with Gasteiger partial charge in [-0.05, 0) is 12.0 Å². The summed E-state index contributed by atoms with van der Waals surface area (Å²) in [7, 11) is 1.36. The highest BCUT2D eigenvalue weighted by atomic mass is 16.5. The molecule has 0 saturated carbocycles. The Morgan fingerprint density at radius 1 is 1.29 bits per heavy atom. The third-order valence-electron chi connectivity index (χ3n) is 2.46. The molecule has 1 N–H and O–H groups in total. The predicted molar refractivity (Wildman–Crippen MR) is 64.3 cm³/mol. The largest absolute Gasteiger partial charge is 0.469 e. The lowest BCUT2D eigenvalue weighted by Gasteiger charge is -2.14. The molecule has 0 bridgehead atoms. The normalized spacial score (nSPS) is 11.6. The summed E-state index contributed by atoms with van der Waals surface area (Å²) < 4.78 is 4.73. The third kappa shape index (κ3) is 4.68. The van der Waals surface area contributed by atoms with Gasteiger partial charge >= 0.3 is 5.97 Å². The van der Waals surface area contributed by atoms with Gasteiger partial charge in [0, 0.05) is 13.5 Å². The molecule has 4 nitrogen and oxygen atoms in total. The number of esters is 1. The molecule has 0 aliphatic carbocycles. The Hall–Kier alpha value is -1.84. The van der Waals surface area contributed by atoms with Gasteiger partial charge in [-0.3, -0.25) is 9.59 Å². The van der Waals surface area contributed by atoms with Gasteiger partial charge in [-0.15, -0.1) is 0 Å². The van der Waals surface area contributed by atoms with Gasteiger partial charge < -0.3 is 10.1 Å².